The Hall–Kier alpha value is -3.19. The molecule has 0 unspecified atom stereocenters. The molecule has 2 aromatic heterocycles. The van der Waals surface area contributed by atoms with Crippen molar-refractivity contribution in [3.05, 3.63) is 76.8 Å². The van der Waals surface area contributed by atoms with E-state index in [1.165, 1.54) is 6.08 Å². The van der Waals surface area contributed by atoms with E-state index < -0.39 is 11.6 Å². The van der Waals surface area contributed by atoms with Crippen LogP contribution in [0.4, 0.5) is 4.39 Å². The number of hydrogen-bond donors (Lipinski definition) is 1. The molecule has 162 valence electrons. The molecular formula is C24H26FN3O3. The lowest BCUT2D eigenvalue weighted by Crippen LogP contribution is -2.33. The van der Waals surface area contributed by atoms with Crippen LogP contribution in [0.25, 0.3) is 22.4 Å². The number of oxazole rings is 1. The number of halogens is 1. The third kappa shape index (κ3) is 5.30. The third-order valence-corrected chi connectivity index (χ3v) is 5.74. The minimum atomic E-state index is -0.471. The molecule has 1 saturated heterocycles. The van der Waals surface area contributed by atoms with E-state index in [9.17, 15) is 9.18 Å². The molecule has 1 aliphatic heterocycles. The summed E-state index contributed by atoms with van der Waals surface area (Å²) in [6, 6.07) is 7.40. The molecule has 0 amide bonds. The van der Waals surface area contributed by atoms with Gasteiger partial charge in [0.25, 0.3) is 0 Å². The molecule has 0 aliphatic carbocycles. The Kier molecular flexibility index (Phi) is 6.32. The fourth-order valence-corrected chi connectivity index (χ4v) is 4.01. The van der Waals surface area contributed by atoms with Crippen molar-refractivity contribution >= 4 is 11.1 Å². The highest BCUT2D eigenvalue weighted by molar-refractivity contribution is 5.78. The predicted octanol–water partition coefficient (Wildman–Crippen LogP) is 5.36. The summed E-state index contributed by atoms with van der Waals surface area (Å²) in [7, 11) is 0. The van der Waals surface area contributed by atoms with Crippen LogP contribution in [0, 0.1) is 5.92 Å². The van der Waals surface area contributed by atoms with Crippen LogP contribution < -0.4 is 5.76 Å². The van der Waals surface area contributed by atoms with Crippen molar-refractivity contribution in [2.75, 3.05) is 13.1 Å². The normalized spacial score (nSPS) is 16.5. The molecule has 1 aromatic carbocycles. The van der Waals surface area contributed by atoms with Crippen molar-refractivity contribution in [3.8, 4) is 11.3 Å². The number of hydrogen-bond acceptors (Lipinski definition) is 5. The number of benzene rings is 1. The van der Waals surface area contributed by atoms with Gasteiger partial charge in [-0.25, -0.2) is 9.18 Å². The monoisotopic (exact) mass is 423 g/mol. The molecule has 1 aliphatic rings. The lowest BCUT2D eigenvalue weighted by molar-refractivity contribution is 0.162. The van der Waals surface area contributed by atoms with Crippen LogP contribution in [0.5, 0.6) is 0 Å². The van der Waals surface area contributed by atoms with Gasteiger partial charge in [0.1, 0.15) is 11.5 Å². The fourth-order valence-electron chi connectivity index (χ4n) is 4.01. The molecule has 1 fully saturated rings. The third-order valence-electron chi connectivity index (χ3n) is 5.74. The van der Waals surface area contributed by atoms with Gasteiger partial charge < -0.3 is 8.94 Å². The van der Waals surface area contributed by atoms with Crippen molar-refractivity contribution in [1.82, 2.24) is 15.0 Å². The summed E-state index contributed by atoms with van der Waals surface area (Å²) in [5, 5.41) is 4.18. The van der Waals surface area contributed by atoms with Crippen molar-refractivity contribution in [1.29, 1.82) is 0 Å². The number of aromatic amines is 1. The first-order valence-electron chi connectivity index (χ1n) is 10.5. The Morgan fingerprint density at radius 1 is 1.32 bits per heavy atom. The largest absolute Gasteiger partial charge is 0.417 e. The summed E-state index contributed by atoms with van der Waals surface area (Å²) >= 11 is 0. The van der Waals surface area contributed by atoms with E-state index >= 15 is 0 Å². The predicted molar refractivity (Wildman–Crippen MR) is 118 cm³/mol. The summed E-state index contributed by atoms with van der Waals surface area (Å²) in [5.41, 5.74) is 3.86. The molecule has 0 saturated carbocycles. The Balaban J connectivity index is 1.32. The first-order valence-corrected chi connectivity index (χ1v) is 10.5. The SMILES string of the molecule is C=C(F)/C=C\C(=C/C)CC1CCN(Cc2cc(-c3ccc4[nH]c(=O)oc4c3)no2)CC1. The number of H-pyrrole nitrogens is 1. The minimum absolute atomic E-state index is 0.418. The Morgan fingerprint density at radius 2 is 2.13 bits per heavy atom. The van der Waals surface area contributed by atoms with E-state index in [2.05, 4.69) is 21.6 Å². The fraction of sp³-hybridized carbons (Fsp3) is 0.333. The van der Waals surface area contributed by atoms with Crippen LogP contribution in [0.3, 0.4) is 0 Å². The molecule has 3 heterocycles. The van der Waals surface area contributed by atoms with Gasteiger partial charge in [0, 0.05) is 11.6 Å². The lowest BCUT2D eigenvalue weighted by atomic mass is 9.89. The van der Waals surface area contributed by atoms with Gasteiger partial charge in [-0.3, -0.25) is 9.88 Å². The maximum absolute atomic E-state index is 12.9. The quantitative estimate of drug-likeness (QED) is 0.518. The number of nitrogens with zero attached hydrogens (tertiary/aromatic N) is 2. The molecule has 0 radical (unpaired) electrons. The van der Waals surface area contributed by atoms with Crippen LogP contribution >= 0.6 is 0 Å². The zero-order valence-electron chi connectivity index (χ0n) is 17.6. The van der Waals surface area contributed by atoms with E-state index in [1.807, 2.05) is 31.2 Å². The van der Waals surface area contributed by atoms with E-state index in [0.717, 1.165) is 54.9 Å². The summed E-state index contributed by atoms with van der Waals surface area (Å²) in [4.78, 5) is 16.3. The van der Waals surface area contributed by atoms with E-state index in [1.54, 1.807) is 12.1 Å². The number of rotatable bonds is 7. The van der Waals surface area contributed by atoms with Crippen molar-refractivity contribution in [2.45, 2.75) is 32.7 Å². The Bertz CT molecular complexity index is 1180. The van der Waals surface area contributed by atoms with Gasteiger partial charge in [-0.2, -0.15) is 0 Å². The number of fused-ring (bicyclic) bond motifs is 1. The average molecular weight is 423 g/mol. The van der Waals surface area contributed by atoms with Gasteiger partial charge >= 0.3 is 5.76 Å². The highest BCUT2D eigenvalue weighted by Gasteiger charge is 2.21. The van der Waals surface area contributed by atoms with Gasteiger partial charge in [0.2, 0.25) is 0 Å². The van der Waals surface area contributed by atoms with E-state index in [-0.39, 0.29) is 0 Å². The Labute approximate surface area is 179 Å². The molecule has 0 spiro atoms. The zero-order chi connectivity index (χ0) is 21.8. The highest BCUT2D eigenvalue weighted by Crippen LogP contribution is 2.27. The second-order valence-electron chi connectivity index (χ2n) is 7.97. The number of piperidine rings is 1. The second kappa shape index (κ2) is 9.31. The maximum atomic E-state index is 12.9. The van der Waals surface area contributed by atoms with Crippen LogP contribution in [0.2, 0.25) is 0 Å². The summed E-state index contributed by atoms with van der Waals surface area (Å²) in [6.45, 7) is 7.93. The van der Waals surface area contributed by atoms with Crippen molar-refractivity contribution in [2.24, 2.45) is 5.92 Å². The number of likely N-dealkylation sites (tertiary alicyclic amines) is 1. The van der Waals surface area contributed by atoms with Crippen LogP contribution in [0.15, 0.2) is 74.2 Å². The maximum Gasteiger partial charge on any atom is 0.417 e. The first-order chi connectivity index (χ1) is 15.0. The standard InChI is InChI=1S/C24H26FN3O3/c1-3-17(5-4-16(2)25)12-18-8-10-28(11-9-18)15-20-14-22(27-31-20)19-6-7-21-23(13-19)30-24(29)26-21/h3-7,13-14,18H,2,8-12,15H2,1H3,(H,26,29)/b5-4-,17-3+. The number of aromatic nitrogens is 2. The molecule has 0 atom stereocenters. The molecule has 6 nitrogen and oxygen atoms in total. The summed E-state index contributed by atoms with van der Waals surface area (Å²) in [6.07, 6.45) is 8.42. The van der Waals surface area contributed by atoms with Crippen molar-refractivity contribution in [3.63, 3.8) is 0 Å². The summed E-state index contributed by atoms with van der Waals surface area (Å²) < 4.78 is 23.5. The first kappa shape index (κ1) is 21.1. The molecule has 3 aromatic rings. The Morgan fingerprint density at radius 3 is 2.87 bits per heavy atom. The van der Waals surface area contributed by atoms with Gasteiger partial charge in [0.15, 0.2) is 11.3 Å². The molecule has 1 N–H and O–H groups in total. The van der Waals surface area contributed by atoms with E-state index in [0.29, 0.717) is 23.6 Å². The lowest BCUT2D eigenvalue weighted by Gasteiger charge is -2.31. The van der Waals surface area contributed by atoms with Crippen LogP contribution in [-0.2, 0) is 6.54 Å². The van der Waals surface area contributed by atoms with Crippen LogP contribution in [-0.4, -0.2) is 28.1 Å². The number of allylic oxidation sites excluding steroid dienone is 5. The molecule has 31 heavy (non-hydrogen) atoms. The van der Waals surface area contributed by atoms with Crippen molar-refractivity contribution < 1.29 is 13.3 Å². The topological polar surface area (TPSA) is 75.3 Å². The smallest absolute Gasteiger partial charge is 0.408 e. The van der Waals surface area contributed by atoms with Gasteiger partial charge in [-0.1, -0.05) is 35.5 Å². The molecular weight excluding hydrogens is 397 g/mol. The molecule has 7 heteroatoms. The van der Waals surface area contributed by atoms with Crippen LogP contribution in [0.1, 0.15) is 31.9 Å². The minimum Gasteiger partial charge on any atom is -0.408 e. The number of nitrogens with one attached hydrogen (secondary N) is 1. The molecule has 4 rings (SSSR count). The second-order valence-corrected chi connectivity index (χ2v) is 7.97. The molecule has 0 bridgehead atoms. The average Bonchev–Trinajstić information content (AvgIpc) is 3.37. The zero-order valence-corrected chi connectivity index (χ0v) is 17.6. The van der Waals surface area contributed by atoms with Gasteiger partial charge in [-0.15, -0.1) is 0 Å². The summed E-state index contributed by atoms with van der Waals surface area (Å²) in [5.74, 6) is 0.510. The highest BCUT2D eigenvalue weighted by atomic mass is 19.1. The van der Waals surface area contributed by atoms with E-state index in [4.69, 9.17) is 8.94 Å². The van der Waals surface area contributed by atoms with Gasteiger partial charge in [0.05, 0.1) is 12.1 Å². The van der Waals surface area contributed by atoms with Gasteiger partial charge in [-0.05, 0) is 63.4 Å².